The molecule has 0 spiro atoms. The number of ether oxygens (including phenoxy) is 1. The Morgan fingerprint density at radius 2 is 1.48 bits per heavy atom. The van der Waals surface area contributed by atoms with Crippen LogP contribution in [0.1, 0.15) is 13.8 Å². The van der Waals surface area contributed by atoms with Crippen molar-refractivity contribution in [3.8, 4) is 5.75 Å². The van der Waals surface area contributed by atoms with Gasteiger partial charge >= 0.3 is 0 Å². The van der Waals surface area contributed by atoms with Crippen molar-refractivity contribution in [3.05, 3.63) is 53.6 Å². The zero-order chi connectivity index (χ0) is 15.1. The van der Waals surface area contributed by atoms with Gasteiger partial charge in [-0.05, 0) is 38.1 Å². The van der Waals surface area contributed by atoms with Crippen molar-refractivity contribution in [2.75, 3.05) is 23.7 Å². The molecule has 0 saturated carbocycles. The van der Waals surface area contributed by atoms with Gasteiger partial charge in [0.15, 0.2) is 0 Å². The maximum absolute atomic E-state index is 6.10. The number of hydrogen-bond acceptors (Lipinski definition) is 3. The van der Waals surface area contributed by atoms with E-state index in [0.29, 0.717) is 0 Å². The third-order valence-electron chi connectivity index (χ3n) is 2.88. The first-order valence-corrected chi connectivity index (χ1v) is 7.52. The Morgan fingerprint density at radius 1 is 0.905 bits per heavy atom. The number of halogens is 1. The van der Waals surface area contributed by atoms with Crippen LogP contribution in [0.15, 0.2) is 48.5 Å². The van der Waals surface area contributed by atoms with Gasteiger partial charge < -0.3 is 15.4 Å². The summed E-state index contributed by atoms with van der Waals surface area (Å²) in [4.78, 5) is 0. The van der Waals surface area contributed by atoms with Crippen LogP contribution in [0, 0.1) is 0 Å². The highest BCUT2D eigenvalue weighted by molar-refractivity contribution is 6.33. The van der Waals surface area contributed by atoms with E-state index in [9.17, 15) is 0 Å². The van der Waals surface area contributed by atoms with E-state index in [1.807, 2.05) is 62.4 Å². The van der Waals surface area contributed by atoms with Crippen LogP contribution in [-0.2, 0) is 0 Å². The SMILES string of the molecule is CC(C)Oc1ccccc1NCCNc1ccccc1Cl. The Labute approximate surface area is 131 Å². The first-order chi connectivity index (χ1) is 10.2. The molecule has 0 aliphatic heterocycles. The Kier molecular flexibility index (Phi) is 5.76. The van der Waals surface area contributed by atoms with Crippen LogP contribution < -0.4 is 15.4 Å². The first-order valence-electron chi connectivity index (χ1n) is 7.15. The highest BCUT2D eigenvalue weighted by Gasteiger charge is 2.04. The molecule has 0 fully saturated rings. The van der Waals surface area contributed by atoms with Crippen LogP contribution >= 0.6 is 11.6 Å². The number of anilines is 2. The molecule has 112 valence electrons. The second-order valence-corrected chi connectivity index (χ2v) is 5.40. The summed E-state index contributed by atoms with van der Waals surface area (Å²) in [7, 11) is 0. The summed E-state index contributed by atoms with van der Waals surface area (Å²) in [5.41, 5.74) is 1.96. The maximum atomic E-state index is 6.10. The van der Waals surface area contributed by atoms with E-state index in [4.69, 9.17) is 16.3 Å². The predicted octanol–water partition coefficient (Wildman–Crippen LogP) is 4.65. The van der Waals surface area contributed by atoms with Crippen molar-refractivity contribution >= 4 is 23.0 Å². The summed E-state index contributed by atoms with van der Waals surface area (Å²) >= 11 is 6.10. The molecule has 0 aromatic heterocycles. The molecular formula is C17H21ClN2O. The van der Waals surface area contributed by atoms with Gasteiger partial charge in [0.05, 0.1) is 22.5 Å². The first kappa shape index (κ1) is 15.5. The van der Waals surface area contributed by atoms with Gasteiger partial charge in [-0.1, -0.05) is 35.9 Å². The van der Waals surface area contributed by atoms with Crippen LogP contribution in [0.5, 0.6) is 5.75 Å². The van der Waals surface area contributed by atoms with Crippen LogP contribution in [0.3, 0.4) is 0 Å². The Balaban J connectivity index is 1.85. The van der Waals surface area contributed by atoms with Crippen molar-refractivity contribution in [1.29, 1.82) is 0 Å². The van der Waals surface area contributed by atoms with E-state index in [-0.39, 0.29) is 6.10 Å². The summed E-state index contributed by atoms with van der Waals surface area (Å²) in [6.07, 6.45) is 0.161. The third kappa shape index (κ3) is 4.87. The molecule has 0 atom stereocenters. The lowest BCUT2D eigenvalue weighted by Gasteiger charge is -2.16. The summed E-state index contributed by atoms with van der Waals surface area (Å²) in [6.45, 7) is 5.61. The molecule has 3 nitrogen and oxygen atoms in total. The average Bonchev–Trinajstić information content (AvgIpc) is 2.46. The minimum atomic E-state index is 0.161. The smallest absolute Gasteiger partial charge is 0.142 e. The maximum Gasteiger partial charge on any atom is 0.142 e. The number of nitrogens with one attached hydrogen (secondary N) is 2. The van der Waals surface area contributed by atoms with Crippen molar-refractivity contribution in [2.45, 2.75) is 20.0 Å². The fourth-order valence-corrected chi connectivity index (χ4v) is 2.17. The predicted molar refractivity (Wildman–Crippen MR) is 90.6 cm³/mol. The molecule has 4 heteroatoms. The van der Waals surface area contributed by atoms with Gasteiger partial charge in [0.25, 0.3) is 0 Å². The van der Waals surface area contributed by atoms with Gasteiger partial charge in [-0.2, -0.15) is 0 Å². The van der Waals surface area contributed by atoms with Crippen molar-refractivity contribution < 1.29 is 4.74 Å². The molecule has 0 amide bonds. The van der Waals surface area contributed by atoms with E-state index in [0.717, 1.165) is 35.2 Å². The number of hydrogen-bond donors (Lipinski definition) is 2. The molecule has 2 rings (SSSR count). The zero-order valence-electron chi connectivity index (χ0n) is 12.4. The largest absolute Gasteiger partial charge is 0.489 e. The summed E-state index contributed by atoms with van der Waals surface area (Å²) in [5, 5.41) is 7.42. The lowest BCUT2D eigenvalue weighted by molar-refractivity contribution is 0.243. The third-order valence-corrected chi connectivity index (χ3v) is 3.21. The summed E-state index contributed by atoms with van der Waals surface area (Å²) < 4.78 is 5.78. The Morgan fingerprint density at radius 3 is 2.14 bits per heavy atom. The molecule has 21 heavy (non-hydrogen) atoms. The van der Waals surface area contributed by atoms with Gasteiger partial charge in [-0.15, -0.1) is 0 Å². The molecule has 2 N–H and O–H groups in total. The quantitative estimate of drug-likeness (QED) is 0.730. The molecular weight excluding hydrogens is 284 g/mol. The lowest BCUT2D eigenvalue weighted by atomic mass is 10.3. The monoisotopic (exact) mass is 304 g/mol. The van der Waals surface area contributed by atoms with Gasteiger partial charge in [0.2, 0.25) is 0 Å². The lowest BCUT2D eigenvalue weighted by Crippen LogP contribution is -2.15. The molecule has 0 aliphatic rings. The van der Waals surface area contributed by atoms with E-state index in [1.54, 1.807) is 0 Å². The molecule has 0 heterocycles. The fraction of sp³-hybridized carbons (Fsp3) is 0.294. The van der Waals surface area contributed by atoms with Gasteiger partial charge in [-0.25, -0.2) is 0 Å². The van der Waals surface area contributed by atoms with E-state index >= 15 is 0 Å². The molecule has 2 aromatic carbocycles. The zero-order valence-corrected chi connectivity index (χ0v) is 13.2. The molecule has 2 aromatic rings. The molecule has 0 bridgehead atoms. The van der Waals surface area contributed by atoms with Crippen molar-refractivity contribution in [3.63, 3.8) is 0 Å². The van der Waals surface area contributed by atoms with Crippen molar-refractivity contribution in [2.24, 2.45) is 0 Å². The number of para-hydroxylation sites is 3. The molecule has 0 unspecified atom stereocenters. The molecule has 0 saturated heterocycles. The number of rotatable bonds is 7. The van der Waals surface area contributed by atoms with Gasteiger partial charge in [-0.3, -0.25) is 0 Å². The highest BCUT2D eigenvalue weighted by atomic mass is 35.5. The number of benzene rings is 2. The van der Waals surface area contributed by atoms with Crippen LogP contribution in [-0.4, -0.2) is 19.2 Å². The van der Waals surface area contributed by atoms with Gasteiger partial charge in [0.1, 0.15) is 5.75 Å². The summed E-state index contributed by atoms with van der Waals surface area (Å²) in [5.74, 6) is 0.880. The average molecular weight is 305 g/mol. The van der Waals surface area contributed by atoms with Crippen LogP contribution in [0.4, 0.5) is 11.4 Å². The minimum Gasteiger partial charge on any atom is -0.489 e. The Hall–Kier alpha value is -1.87. The van der Waals surface area contributed by atoms with Gasteiger partial charge in [0, 0.05) is 13.1 Å². The second-order valence-electron chi connectivity index (χ2n) is 5.00. The second kappa shape index (κ2) is 7.79. The van der Waals surface area contributed by atoms with Crippen molar-refractivity contribution in [1.82, 2.24) is 0 Å². The fourth-order valence-electron chi connectivity index (χ4n) is 1.97. The van der Waals surface area contributed by atoms with E-state index < -0.39 is 0 Å². The van der Waals surface area contributed by atoms with E-state index in [1.165, 1.54) is 0 Å². The van der Waals surface area contributed by atoms with Crippen LogP contribution in [0.25, 0.3) is 0 Å². The Bertz CT molecular complexity index is 572. The van der Waals surface area contributed by atoms with Crippen LogP contribution in [0.2, 0.25) is 5.02 Å². The topological polar surface area (TPSA) is 33.3 Å². The standard InChI is InChI=1S/C17H21ClN2O/c1-13(2)21-17-10-6-5-9-16(17)20-12-11-19-15-8-4-3-7-14(15)18/h3-10,13,19-20H,11-12H2,1-2H3. The minimum absolute atomic E-state index is 0.161. The molecule has 0 radical (unpaired) electrons. The molecule has 0 aliphatic carbocycles. The highest BCUT2D eigenvalue weighted by Crippen LogP contribution is 2.24. The normalized spacial score (nSPS) is 10.5. The summed E-state index contributed by atoms with van der Waals surface area (Å²) in [6, 6.07) is 15.7. The van der Waals surface area contributed by atoms with E-state index in [2.05, 4.69) is 10.6 Å².